The minimum atomic E-state index is -2.87. The van der Waals surface area contributed by atoms with Crippen LogP contribution in [0.4, 0.5) is 0 Å². The van der Waals surface area contributed by atoms with E-state index >= 15 is 0 Å². The van der Waals surface area contributed by atoms with Gasteiger partial charge in [0.1, 0.15) is 0 Å². The fraction of sp³-hybridized carbons (Fsp3) is 1.00. The monoisotopic (exact) mass is 635 g/mol. The molecule has 0 atom stereocenters. The molecule has 0 spiro atoms. The molecule has 0 aromatic rings. The average Bonchev–Trinajstić information content (AvgIpc) is 2.99. The molecule has 0 bridgehead atoms. The van der Waals surface area contributed by atoms with Crippen LogP contribution in [0.15, 0.2) is 0 Å². The maximum atomic E-state index is 6.35. The fourth-order valence-electron chi connectivity index (χ4n) is 5.47. The Kier molecular flexibility index (Phi) is 31.9. The van der Waals surface area contributed by atoms with Gasteiger partial charge in [-0.05, 0) is 33.6 Å². The highest BCUT2D eigenvalue weighted by Crippen LogP contribution is 2.20. The lowest BCUT2D eigenvalue weighted by molar-refractivity contribution is -0.890. The molecule has 0 fully saturated rings. The summed E-state index contributed by atoms with van der Waals surface area (Å²) < 4.78 is 36.7. The Bertz CT molecular complexity index is 523. The first-order chi connectivity index (χ1) is 20.9. The van der Waals surface area contributed by atoms with E-state index in [0.717, 1.165) is 23.5 Å². The Labute approximate surface area is 270 Å². The van der Waals surface area contributed by atoms with Gasteiger partial charge < -0.3 is 32.0 Å². The SMILES string of the molecule is CCCCCCCCCCCCCCCCCC[N+](C)(C)CCC[Si](OCCOCC)(OCCOCC)OCCOCC. The van der Waals surface area contributed by atoms with Crippen LogP contribution in [0.2, 0.25) is 6.04 Å². The van der Waals surface area contributed by atoms with Gasteiger partial charge in [-0.1, -0.05) is 96.8 Å². The largest absolute Gasteiger partial charge is 0.501 e. The normalized spacial score (nSPS) is 12.4. The third-order valence-corrected chi connectivity index (χ3v) is 11.0. The zero-order chi connectivity index (χ0) is 31.7. The predicted octanol–water partition coefficient (Wildman–Crippen LogP) is 8.81. The number of hydrogen-bond acceptors (Lipinski definition) is 6. The Hall–Kier alpha value is -0.0631. The van der Waals surface area contributed by atoms with Crippen LogP contribution in [-0.2, 0) is 27.5 Å². The zero-order valence-corrected chi connectivity index (χ0v) is 30.9. The molecule has 7 nitrogen and oxygen atoms in total. The molecule has 0 saturated carbocycles. The molecule has 43 heavy (non-hydrogen) atoms. The van der Waals surface area contributed by atoms with Gasteiger partial charge in [-0.25, -0.2) is 0 Å². The quantitative estimate of drug-likeness (QED) is 0.0390. The second-order valence-electron chi connectivity index (χ2n) is 12.6. The molecule has 0 heterocycles. The molecule has 0 aliphatic carbocycles. The lowest BCUT2D eigenvalue weighted by Crippen LogP contribution is -2.49. The average molecular weight is 635 g/mol. The first kappa shape index (κ1) is 42.9. The Morgan fingerprint density at radius 3 is 1.07 bits per heavy atom. The van der Waals surface area contributed by atoms with Gasteiger partial charge in [-0.3, -0.25) is 0 Å². The van der Waals surface area contributed by atoms with Crippen LogP contribution in [0.25, 0.3) is 0 Å². The van der Waals surface area contributed by atoms with Crippen molar-refractivity contribution in [2.45, 2.75) is 143 Å². The van der Waals surface area contributed by atoms with Crippen molar-refractivity contribution in [2.75, 3.05) is 86.6 Å². The number of quaternary nitrogens is 1. The smallest absolute Gasteiger partial charge is 0.379 e. The standard InChI is InChI=1S/C35H76NO6Si/c1-7-11-12-13-14-15-16-17-18-19-20-21-22-23-24-25-27-36(5,6)28-26-35-43(40-32-29-37-8-2,41-33-30-38-9-3)42-34-31-39-10-4/h7-35H2,1-6H3/q+1. The van der Waals surface area contributed by atoms with E-state index in [1.54, 1.807) is 0 Å². The van der Waals surface area contributed by atoms with E-state index in [1.165, 1.54) is 109 Å². The van der Waals surface area contributed by atoms with E-state index in [4.69, 9.17) is 27.5 Å². The molecular formula is C35H76NO6Si+. The third kappa shape index (κ3) is 29.1. The highest BCUT2D eigenvalue weighted by molar-refractivity contribution is 6.60. The summed E-state index contributed by atoms with van der Waals surface area (Å²) in [6, 6.07) is 0.804. The Morgan fingerprint density at radius 1 is 0.395 bits per heavy atom. The van der Waals surface area contributed by atoms with Crippen molar-refractivity contribution in [3.05, 3.63) is 0 Å². The summed E-state index contributed by atoms with van der Waals surface area (Å²) in [6.07, 6.45) is 23.6. The number of ether oxygens (including phenoxy) is 3. The topological polar surface area (TPSA) is 55.4 Å². The second-order valence-corrected chi connectivity index (χ2v) is 15.3. The molecule has 0 radical (unpaired) electrons. The molecule has 0 amide bonds. The highest BCUT2D eigenvalue weighted by atomic mass is 28.4. The van der Waals surface area contributed by atoms with Crippen molar-refractivity contribution in [1.82, 2.24) is 0 Å². The van der Waals surface area contributed by atoms with Gasteiger partial charge in [0.2, 0.25) is 0 Å². The number of hydrogen-bond donors (Lipinski definition) is 0. The zero-order valence-electron chi connectivity index (χ0n) is 29.9. The number of nitrogens with zero attached hydrogens (tertiary/aromatic N) is 1. The lowest BCUT2D eigenvalue weighted by atomic mass is 10.0. The van der Waals surface area contributed by atoms with Crippen molar-refractivity contribution in [3.63, 3.8) is 0 Å². The molecule has 0 N–H and O–H groups in total. The maximum Gasteiger partial charge on any atom is 0.501 e. The van der Waals surface area contributed by atoms with Crippen LogP contribution in [0, 0.1) is 0 Å². The Morgan fingerprint density at radius 2 is 0.721 bits per heavy atom. The van der Waals surface area contributed by atoms with Gasteiger partial charge in [0.25, 0.3) is 0 Å². The fourth-order valence-corrected chi connectivity index (χ4v) is 7.92. The van der Waals surface area contributed by atoms with E-state index in [-0.39, 0.29) is 0 Å². The Balaban J connectivity index is 4.26. The summed E-state index contributed by atoms with van der Waals surface area (Å²) in [5.41, 5.74) is 0. The molecule has 260 valence electrons. The van der Waals surface area contributed by atoms with Gasteiger partial charge in [0.15, 0.2) is 0 Å². The molecule has 0 rings (SSSR count). The predicted molar refractivity (Wildman–Crippen MR) is 184 cm³/mol. The second kappa shape index (κ2) is 31.9. The number of unbranched alkanes of at least 4 members (excludes halogenated alkanes) is 15. The van der Waals surface area contributed by atoms with E-state index in [0.29, 0.717) is 59.5 Å². The maximum absolute atomic E-state index is 6.35. The number of rotatable bonds is 36. The van der Waals surface area contributed by atoms with Crippen LogP contribution >= 0.6 is 0 Å². The summed E-state index contributed by atoms with van der Waals surface area (Å²) in [5, 5.41) is 0. The van der Waals surface area contributed by atoms with Crippen LogP contribution in [0.3, 0.4) is 0 Å². The summed E-state index contributed by atoms with van der Waals surface area (Å²) in [4.78, 5) is 0. The van der Waals surface area contributed by atoms with Gasteiger partial charge in [0.05, 0.1) is 66.8 Å². The molecular weight excluding hydrogens is 558 g/mol. The first-order valence-corrected chi connectivity index (χ1v) is 20.4. The van der Waals surface area contributed by atoms with Gasteiger partial charge in [-0.2, -0.15) is 0 Å². The third-order valence-electron chi connectivity index (χ3n) is 8.12. The molecule has 0 aliphatic heterocycles. The van der Waals surface area contributed by atoms with Crippen molar-refractivity contribution < 1.29 is 32.0 Å². The first-order valence-electron chi connectivity index (χ1n) is 18.4. The van der Waals surface area contributed by atoms with Gasteiger partial charge >= 0.3 is 8.80 Å². The summed E-state index contributed by atoms with van der Waals surface area (Å²) in [7, 11) is 1.84. The van der Waals surface area contributed by atoms with Gasteiger partial charge in [-0.15, -0.1) is 0 Å². The van der Waals surface area contributed by atoms with Crippen LogP contribution in [0.1, 0.15) is 137 Å². The van der Waals surface area contributed by atoms with Crippen LogP contribution < -0.4 is 0 Å². The van der Waals surface area contributed by atoms with Gasteiger partial charge in [0, 0.05) is 32.3 Å². The molecule has 0 aliphatic rings. The minimum Gasteiger partial charge on any atom is -0.379 e. The van der Waals surface area contributed by atoms with E-state index in [1.807, 2.05) is 20.8 Å². The highest BCUT2D eigenvalue weighted by Gasteiger charge is 2.41. The lowest BCUT2D eigenvalue weighted by Gasteiger charge is -2.33. The van der Waals surface area contributed by atoms with Crippen LogP contribution in [-0.4, -0.2) is 99.9 Å². The van der Waals surface area contributed by atoms with Crippen LogP contribution in [0.5, 0.6) is 0 Å². The molecule has 0 saturated heterocycles. The molecule has 8 heteroatoms. The minimum absolute atomic E-state index is 0.487. The van der Waals surface area contributed by atoms with Crippen molar-refractivity contribution >= 4 is 8.80 Å². The van der Waals surface area contributed by atoms with Crippen molar-refractivity contribution in [3.8, 4) is 0 Å². The molecule has 0 aromatic carbocycles. The molecule has 0 unspecified atom stereocenters. The van der Waals surface area contributed by atoms with Crippen molar-refractivity contribution in [1.29, 1.82) is 0 Å². The van der Waals surface area contributed by atoms with Crippen molar-refractivity contribution in [2.24, 2.45) is 0 Å². The van der Waals surface area contributed by atoms with E-state index in [2.05, 4.69) is 21.0 Å². The molecule has 0 aromatic heterocycles. The van der Waals surface area contributed by atoms with E-state index < -0.39 is 8.80 Å². The van der Waals surface area contributed by atoms with E-state index in [9.17, 15) is 0 Å². The summed E-state index contributed by atoms with van der Waals surface area (Å²) >= 11 is 0. The summed E-state index contributed by atoms with van der Waals surface area (Å²) in [5.74, 6) is 0. The summed E-state index contributed by atoms with van der Waals surface area (Å²) in [6.45, 7) is 15.8.